The Kier molecular flexibility index (Phi) is 4.22. The van der Waals surface area contributed by atoms with Crippen LogP contribution in [0.4, 0.5) is 0 Å². The average molecular weight is 440 g/mol. The van der Waals surface area contributed by atoms with Gasteiger partial charge in [-0.2, -0.15) is 0 Å². The summed E-state index contributed by atoms with van der Waals surface area (Å²) in [5.74, 6) is 2.49. The summed E-state index contributed by atoms with van der Waals surface area (Å²) < 4.78 is 15.8. The molecule has 2 aromatic heterocycles. The molecule has 0 N–H and O–H groups in total. The highest BCUT2D eigenvalue weighted by Crippen LogP contribution is 2.40. The van der Waals surface area contributed by atoms with E-state index in [1.807, 2.05) is 22.7 Å². The molecule has 7 heteroatoms. The van der Waals surface area contributed by atoms with Gasteiger partial charge in [-0.1, -0.05) is 29.3 Å². The molecule has 0 saturated heterocycles. The number of benzene rings is 2. The zero-order valence-electron chi connectivity index (χ0n) is 16.2. The van der Waals surface area contributed by atoms with Crippen LogP contribution < -0.4 is 9.47 Å². The summed E-state index contributed by atoms with van der Waals surface area (Å²) in [6.45, 7) is 2.09. The van der Waals surface area contributed by atoms with Gasteiger partial charge in [0.25, 0.3) is 0 Å². The van der Waals surface area contributed by atoms with Crippen molar-refractivity contribution in [1.82, 2.24) is 14.2 Å². The third-order valence-corrected chi connectivity index (χ3v) is 6.41. The van der Waals surface area contributed by atoms with Crippen molar-refractivity contribution in [1.29, 1.82) is 0 Å². The first-order valence-electron chi connectivity index (χ1n) is 10.2. The summed E-state index contributed by atoms with van der Waals surface area (Å²) in [5, 5.41) is 6.16. The summed E-state index contributed by atoms with van der Waals surface area (Å²) in [4.78, 5) is 0. The van der Waals surface area contributed by atoms with Gasteiger partial charge >= 0.3 is 0 Å². The minimum absolute atomic E-state index is 0.582. The highest BCUT2D eigenvalue weighted by molar-refractivity contribution is 6.36. The first-order valence-corrected chi connectivity index (χ1v) is 10.9. The number of hydrogen-bond acceptors (Lipinski definition) is 3. The molecule has 0 aliphatic carbocycles. The van der Waals surface area contributed by atoms with E-state index in [4.69, 9.17) is 37.8 Å². The van der Waals surface area contributed by atoms with Crippen LogP contribution in [0.15, 0.2) is 42.6 Å². The smallest absolute Gasteiger partial charge is 0.163 e. The monoisotopic (exact) mass is 439 g/mol. The topological polar surface area (TPSA) is 40.7 Å². The lowest BCUT2D eigenvalue weighted by Gasteiger charge is -2.19. The summed E-state index contributed by atoms with van der Waals surface area (Å²) in [7, 11) is 0. The molecule has 2 aromatic carbocycles. The first kappa shape index (κ1) is 18.2. The lowest BCUT2D eigenvalue weighted by molar-refractivity contribution is 0.171. The zero-order chi connectivity index (χ0) is 20.2. The molecule has 152 valence electrons. The van der Waals surface area contributed by atoms with Crippen molar-refractivity contribution < 1.29 is 9.47 Å². The molecule has 30 heavy (non-hydrogen) atoms. The van der Waals surface area contributed by atoms with Crippen molar-refractivity contribution in [3.05, 3.63) is 58.2 Å². The Morgan fingerprint density at radius 1 is 0.900 bits per heavy atom. The van der Waals surface area contributed by atoms with Gasteiger partial charge in [0.2, 0.25) is 0 Å². The van der Waals surface area contributed by atoms with Gasteiger partial charge in [0.15, 0.2) is 17.3 Å². The number of nitrogens with zero attached hydrogens (tertiary/aromatic N) is 3. The maximum Gasteiger partial charge on any atom is 0.163 e. The number of ether oxygens (including phenoxy) is 2. The summed E-state index contributed by atoms with van der Waals surface area (Å²) >= 11 is 12.6. The van der Waals surface area contributed by atoms with Gasteiger partial charge in [0, 0.05) is 34.5 Å². The molecule has 0 saturated carbocycles. The van der Waals surface area contributed by atoms with E-state index in [1.54, 1.807) is 6.07 Å². The number of hydrogen-bond donors (Lipinski definition) is 0. The summed E-state index contributed by atoms with van der Waals surface area (Å²) in [6.07, 6.45) is 5.36. The van der Waals surface area contributed by atoms with E-state index >= 15 is 0 Å². The van der Waals surface area contributed by atoms with Crippen molar-refractivity contribution in [3.8, 4) is 34.0 Å². The number of aromatic nitrogens is 3. The Bertz CT molecular complexity index is 1290. The molecule has 0 atom stereocenters. The Labute approximate surface area is 183 Å². The molecular weight excluding hydrogens is 421 g/mol. The Morgan fingerprint density at radius 2 is 1.77 bits per heavy atom. The van der Waals surface area contributed by atoms with Crippen LogP contribution in [0.25, 0.3) is 28.2 Å². The quantitative estimate of drug-likeness (QED) is 0.391. The fourth-order valence-corrected chi connectivity index (χ4v) is 4.99. The van der Waals surface area contributed by atoms with Crippen LogP contribution in [-0.2, 0) is 13.0 Å². The van der Waals surface area contributed by atoms with Crippen LogP contribution in [0.3, 0.4) is 0 Å². The van der Waals surface area contributed by atoms with Gasteiger partial charge in [-0.05, 0) is 55.2 Å². The standard InChI is InChI=1S/C23H19Cl2N3O2/c24-15-5-6-17(19(25)12-15)22-26-28-13-18(16-3-1-2-8-27(22)23(16)28)14-4-7-20-21(11-14)30-10-9-29-20/h4-7,11-13H,1-3,8-10H2. The largest absolute Gasteiger partial charge is 0.486 e. The molecule has 0 radical (unpaired) electrons. The van der Waals surface area contributed by atoms with Crippen molar-refractivity contribution in [2.24, 2.45) is 0 Å². The van der Waals surface area contributed by atoms with E-state index in [1.165, 1.54) is 11.1 Å². The predicted octanol–water partition coefficient (Wildman–Crippen LogP) is 5.88. The molecule has 2 aliphatic rings. The van der Waals surface area contributed by atoms with Crippen LogP contribution in [0.1, 0.15) is 18.4 Å². The van der Waals surface area contributed by atoms with E-state index < -0.39 is 0 Å². The molecule has 0 amide bonds. The van der Waals surface area contributed by atoms with Gasteiger partial charge < -0.3 is 14.0 Å². The highest BCUT2D eigenvalue weighted by Gasteiger charge is 2.24. The van der Waals surface area contributed by atoms with Gasteiger partial charge in [0.05, 0.1) is 5.02 Å². The van der Waals surface area contributed by atoms with E-state index in [2.05, 4.69) is 22.9 Å². The second-order valence-corrected chi connectivity index (χ2v) is 8.55. The molecule has 0 spiro atoms. The second-order valence-electron chi connectivity index (χ2n) is 7.70. The molecule has 4 heterocycles. The molecule has 6 rings (SSSR count). The Hall–Kier alpha value is -2.63. The Morgan fingerprint density at radius 3 is 2.63 bits per heavy atom. The third kappa shape index (κ3) is 2.80. The molecular formula is C23H19Cl2N3O2. The average Bonchev–Trinajstić information content (AvgIpc) is 3.18. The van der Waals surface area contributed by atoms with E-state index in [-0.39, 0.29) is 0 Å². The SMILES string of the molecule is Clc1ccc(-c2nn3cc(-c4ccc5c(c4)OCCO5)c4c3n2CCCC4)c(Cl)c1. The normalized spacial score (nSPS) is 15.4. The number of aryl methyl sites for hydroxylation is 2. The number of halogens is 2. The van der Waals surface area contributed by atoms with Crippen LogP contribution in [0.2, 0.25) is 10.0 Å². The maximum absolute atomic E-state index is 6.51. The van der Waals surface area contributed by atoms with E-state index in [0.29, 0.717) is 23.3 Å². The van der Waals surface area contributed by atoms with Crippen LogP contribution in [-0.4, -0.2) is 27.4 Å². The summed E-state index contributed by atoms with van der Waals surface area (Å²) in [6, 6.07) is 11.8. The van der Waals surface area contributed by atoms with Crippen LogP contribution >= 0.6 is 23.2 Å². The third-order valence-electron chi connectivity index (χ3n) is 5.86. The van der Waals surface area contributed by atoms with E-state index in [9.17, 15) is 0 Å². The maximum atomic E-state index is 6.51. The first-order chi connectivity index (χ1) is 14.7. The van der Waals surface area contributed by atoms with Gasteiger partial charge in [-0.25, -0.2) is 4.52 Å². The number of fused-ring (bicyclic) bond motifs is 1. The fraction of sp³-hybridized carbons (Fsp3) is 0.261. The Balaban J connectivity index is 1.53. The summed E-state index contributed by atoms with van der Waals surface area (Å²) in [5.41, 5.74) is 5.67. The van der Waals surface area contributed by atoms with Crippen molar-refractivity contribution in [3.63, 3.8) is 0 Å². The number of rotatable bonds is 2. The molecule has 4 aromatic rings. The van der Waals surface area contributed by atoms with Gasteiger partial charge in [-0.3, -0.25) is 0 Å². The van der Waals surface area contributed by atoms with Crippen molar-refractivity contribution in [2.75, 3.05) is 13.2 Å². The minimum atomic E-state index is 0.582. The lowest BCUT2D eigenvalue weighted by atomic mass is 10.0. The molecule has 0 unspecified atom stereocenters. The van der Waals surface area contributed by atoms with E-state index in [0.717, 1.165) is 59.9 Å². The molecule has 5 nitrogen and oxygen atoms in total. The fourth-order valence-electron chi connectivity index (χ4n) is 4.50. The molecule has 2 aliphatic heterocycles. The minimum Gasteiger partial charge on any atom is -0.486 e. The highest BCUT2D eigenvalue weighted by atomic mass is 35.5. The second kappa shape index (κ2) is 6.96. The van der Waals surface area contributed by atoms with Crippen LogP contribution in [0.5, 0.6) is 11.5 Å². The predicted molar refractivity (Wildman–Crippen MR) is 118 cm³/mol. The van der Waals surface area contributed by atoms with Crippen molar-refractivity contribution in [2.45, 2.75) is 25.8 Å². The molecule has 0 fully saturated rings. The zero-order valence-corrected chi connectivity index (χ0v) is 17.7. The van der Waals surface area contributed by atoms with Gasteiger partial charge in [-0.15, -0.1) is 5.10 Å². The van der Waals surface area contributed by atoms with Crippen LogP contribution in [0, 0.1) is 0 Å². The molecule has 0 bridgehead atoms. The lowest BCUT2D eigenvalue weighted by Crippen LogP contribution is -2.15. The van der Waals surface area contributed by atoms with Gasteiger partial charge in [0.1, 0.15) is 18.9 Å². The van der Waals surface area contributed by atoms with Crippen molar-refractivity contribution >= 4 is 28.8 Å².